The van der Waals surface area contributed by atoms with Crippen molar-refractivity contribution in [1.82, 2.24) is 10.1 Å². The fourth-order valence-corrected chi connectivity index (χ4v) is 3.31. The molecule has 1 saturated heterocycles. The molecule has 0 aliphatic carbocycles. The summed E-state index contributed by atoms with van der Waals surface area (Å²) in [6, 6.07) is 15.9. The van der Waals surface area contributed by atoms with Crippen molar-refractivity contribution in [2.24, 2.45) is 0 Å². The minimum atomic E-state index is -0.321. The molecule has 1 unspecified atom stereocenters. The predicted molar refractivity (Wildman–Crippen MR) is 95.0 cm³/mol. The van der Waals surface area contributed by atoms with Crippen LogP contribution in [0.25, 0.3) is 11.4 Å². The van der Waals surface area contributed by atoms with Gasteiger partial charge < -0.3 is 9.42 Å². The molecule has 1 atom stereocenters. The third-order valence-corrected chi connectivity index (χ3v) is 4.66. The Morgan fingerprint density at radius 1 is 1.19 bits per heavy atom. The van der Waals surface area contributed by atoms with Gasteiger partial charge in [0, 0.05) is 24.3 Å². The summed E-state index contributed by atoms with van der Waals surface area (Å²) in [5.41, 5.74) is 2.34. The van der Waals surface area contributed by atoms with E-state index < -0.39 is 0 Å². The molecule has 0 bridgehead atoms. The van der Waals surface area contributed by atoms with Gasteiger partial charge in [-0.2, -0.15) is 10.2 Å². The second-order valence-corrected chi connectivity index (χ2v) is 6.41. The molecular formula is C20H17FN4O. The van der Waals surface area contributed by atoms with Crippen LogP contribution in [0, 0.1) is 17.1 Å². The van der Waals surface area contributed by atoms with Gasteiger partial charge in [-0.3, -0.25) is 0 Å². The molecule has 0 N–H and O–H groups in total. The number of halogens is 1. The van der Waals surface area contributed by atoms with E-state index in [2.05, 4.69) is 21.1 Å². The Balaban J connectivity index is 1.52. The van der Waals surface area contributed by atoms with Gasteiger partial charge in [0.25, 0.3) is 0 Å². The number of hydrogen-bond acceptors (Lipinski definition) is 5. The summed E-state index contributed by atoms with van der Waals surface area (Å²) in [5.74, 6) is 0.810. The molecule has 0 amide bonds. The van der Waals surface area contributed by atoms with Crippen molar-refractivity contribution in [2.45, 2.75) is 18.8 Å². The molecule has 26 heavy (non-hydrogen) atoms. The first kappa shape index (κ1) is 16.3. The Bertz CT molecular complexity index is 945. The molecule has 5 nitrogen and oxygen atoms in total. The van der Waals surface area contributed by atoms with E-state index in [0.29, 0.717) is 22.8 Å². The molecule has 3 aromatic rings. The molecule has 1 fully saturated rings. The standard InChI is InChI=1S/C20H17FN4O/c21-17-5-1-3-15(11-17)19-23-20(26-24-19)16-4-2-10-25(13-16)18-8-6-14(12-22)7-9-18/h1,3,5-9,11,16H,2,4,10,13H2. The van der Waals surface area contributed by atoms with E-state index in [1.54, 1.807) is 12.1 Å². The summed E-state index contributed by atoms with van der Waals surface area (Å²) in [5, 5.41) is 12.9. The fraction of sp³-hybridized carbons (Fsp3) is 0.250. The minimum absolute atomic E-state index is 0.134. The fourth-order valence-electron chi connectivity index (χ4n) is 3.31. The average Bonchev–Trinajstić information content (AvgIpc) is 3.19. The Morgan fingerprint density at radius 3 is 2.81 bits per heavy atom. The summed E-state index contributed by atoms with van der Waals surface area (Å²) < 4.78 is 18.9. The lowest BCUT2D eigenvalue weighted by Gasteiger charge is -2.32. The summed E-state index contributed by atoms with van der Waals surface area (Å²) >= 11 is 0. The van der Waals surface area contributed by atoms with Crippen molar-refractivity contribution >= 4 is 5.69 Å². The number of nitriles is 1. The largest absolute Gasteiger partial charge is 0.371 e. The van der Waals surface area contributed by atoms with Crippen LogP contribution in [0.3, 0.4) is 0 Å². The van der Waals surface area contributed by atoms with E-state index in [4.69, 9.17) is 9.78 Å². The van der Waals surface area contributed by atoms with Gasteiger partial charge in [-0.25, -0.2) is 4.39 Å². The number of hydrogen-bond donors (Lipinski definition) is 0. The number of aromatic nitrogens is 2. The maximum absolute atomic E-state index is 13.4. The normalized spacial score (nSPS) is 17.1. The van der Waals surface area contributed by atoms with E-state index in [0.717, 1.165) is 31.6 Å². The SMILES string of the molecule is N#Cc1ccc(N2CCCC(c3nc(-c4cccc(F)c4)no3)C2)cc1. The van der Waals surface area contributed by atoms with Crippen LogP contribution in [0.15, 0.2) is 53.1 Å². The maximum atomic E-state index is 13.4. The molecule has 6 heteroatoms. The van der Waals surface area contributed by atoms with Crippen LogP contribution in [-0.2, 0) is 0 Å². The molecule has 2 aromatic carbocycles. The maximum Gasteiger partial charge on any atom is 0.231 e. The molecule has 4 rings (SSSR count). The molecule has 1 aliphatic heterocycles. The van der Waals surface area contributed by atoms with Gasteiger partial charge in [-0.15, -0.1) is 0 Å². The lowest BCUT2D eigenvalue weighted by molar-refractivity contribution is 0.333. The molecule has 2 heterocycles. The lowest BCUT2D eigenvalue weighted by Crippen LogP contribution is -2.34. The monoisotopic (exact) mass is 348 g/mol. The van der Waals surface area contributed by atoms with Crippen molar-refractivity contribution in [2.75, 3.05) is 18.0 Å². The Morgan fingerprint density at radius 2 is 2.04 bits per heavy atom. The van der Waals surface area contributed by atoms with Crippen LogP contribution >= 0.6 is 0 Å². The number of anilines is 1. The first-order chi connectivity index (χ1) is 12.7. The van der Waals surface area contributed by atoms with Gasteiger partial charge in [-0.05, 0) is 49.2 Å². The lowest BCUT2D eigenvalue weighted by atomic mass is 9.97. The smallest absolute Gasteiger partial charge is 0.231 e. The zero-order valence-corrected chi connectivity index (χ0v) is 14.1. The Hall–Kier alpha value is -3.20. The van der Waals surface area contributed by atoms with Crippen molar-refractivity contribution in [3.63, 3.8) is 0 Å². The molecule has 0 spiro atoms. The topological polar surface area (TPSA) is 66.0 Å². The van der Waals surface area contributed by atoms with Gasteiger partial charge in [0.15, 0.2) is 0 Å². The number of benzene rings is 2. The highest BCUT2D eigenvalue weighted by Gasteiger charge is 2.26. The van der Waals surface area contributed by atoms with Crippen LogP contribution < -0.4 is 4.90 Å². The van der Waals surface area contributed by atoms with E-state index >= 15 is 0 Å². The van der Waals surface area contributed by atoms with Crippen molar-refractivity contribution in [1.29, 1.82) is 5.26 Å². The third kappa shape index (κ3) is 3.29. The van der Waals surface area contributed by atoms with E-state index in [1.807, 2.05) is 24.3 Å². The number of rotatable bonds is 3. The average molecular weight is 348 g/mol. The molecular weight excluding hydrogens is 331 g/mol. The van der Waals surface area contributed by atoms with Gasteiger partial charge in [0.2, 0.25) is 11.7 Å². The quantitative estimate of drug-likeness (QED) is 0.712. The summed E-state index contributed by atoms with van der Waals surface area (Å²) in [6.07, 6.45) is 1.99. The molecule has 130 valence electrons. The van der Waals surface area contributed by atoms with Gasteiger partial charge in [-0.1, -0.05) is 17.3 Å². The number of nitrogens with zero attached hydrogens (tertiary/aromatic N) is 4. The Kier molecular flexibility index (Phi) is 4.36. The van der Waals surface area contributed by atoms with Crippen molar-refractivity contribution < 1.29 is 8.91 Å². The molecule has 0 saturated carbocycles. The highest BCUT2D eigenvalue weighted by Crippen LogP contribution is 2.30. The number of piperidine rings is 1. The van der Waals surface area contributed by atoms with Gasteiger partial charge in [0.05, 0.1) is 17.6 Å². The summed E-state index contributed by atoms with van der Waals surface area (Å²) in [7, 11) is 0. The summed E-state index contributed by atoms with van der Waals surface area (Å²) in [4.78, 5) is 6.75. The summed E-state index contributed by atoms with van der Waals surface area (Å²) in [6.45, 7) is 1.73. The van der Waals surface area contributed by atoms with Gasteiger partial charge in [0.1, 0.15) is 5.82 Å². The highest BCUT2D eigenvalue weighted by atomic mass is 19.1. The molecule has 1 aromatic heterocycles. The zero-order valence-electron chi connectivity index (χ0n) is 14.1. The van der Waals surface area contributed by atoms with Crippen LogP contribution in [0.4, 0.5) is 10.1 Å². The van der Waals surface area contributed by atoms with Gasteiger partial charge >= 0.3 is 0 Å². The third-order valence-electron chi connectivity index (χ3n) is 4.66. The van der Waals surface area contributed by atoms with Crippen LogP contribution in [0.5, 0.6) is 0 Å². The predicted octanol–water partition coefficient (Wildman–Crippen LogP) is 4.13. The molecule has 1 aliphatic rings. The van der Waals surface area contributed by atoms with Crippen LogP contribution in [-0.4, -0.2) is 23.2 Å². The minimum Gasteiger partial charge on any atom is -0.371 e. The Labute approximate surface area is 150 Å². The second kappa shape index (κ2) is 6.96. The van der Waals surface area contributed by atoms with Crippen LogP contribution in [0.1, 0.15) is 30.2 Å². The highest BCUT2D eigenvalue weighted by molar-refractivity contribution is 5.54. The second-order valence-electron chi connectivity index (χ2n) is 6.41. The van der Waals surface area contributed by atoms with Crippen molar-refractivity contribution in [3.8, 4) is 17.5 Å². The van der Waals surface area contributed by atoms with E-state index in [9.17, 15) is 4.39 Å². The first-order valence-corrected chi connectivity index (χ1v) is 8.57. The zero-order chi connectivity index (χ0) is 17.9. The molecule has 0 radical (unpaired) electrons. The van der Waals surface area contributed by atoms with Crippen molar-refractivity contribution in [3.05, 3.63) is 65.8 Å². The first-order valence-electron chi connectivity index (χ1n) is 8.57. The van der Waals surface area contributed by atoms with E-state index in [1.165, 1.54) is 12.1 Å². The van der Waals surface area contributed by atoms with Crippen LogP contribution in [0.2, 0.25) is 0 Å². The van der Waals surface area contributed by atoms with E-state index in [-0.39, 0.29) is 11.7 Å².